The van der Waals surface area contributed by atoms with Crippen LogP contribution in [0.5, 0.6) is 17.2 Å². The number of hydrogen-bond donors (Lipinski definition) is 9. The van der Waals surface area contributed by atoms with Crippen molar-refractivity contribution in [1.82, 2.24) is 34.9 Å². The first-order valence-corrected chi connectivity index (χ1v) is 25.6. The zero-order valence-corrected chi connectivity index (χ0v) is 42.3. The monoisotopic (exact) mass is 1020 g/mol. The van der Waals surface area contributed by atoms with Crippen LogP contribution in [0.3, 0.4) is 0 Å². The first kappa shape index (κ1) is 47.2. The van der Waals surface area contributed by atoms with E-state index in [9.17, 15) is 25.5 Å². The van der Waals surface area contributed by atoms with Crippen molar-refractivity contribution >= 4 is 72.3 Å². The fourth-order valence-electron chi connectivity index (χ4n) is 11.1. The standard InChI is InChI=1S/C52H53N11O8S2/c1-25-38(42(61-49(66)17-14-32-40(64)51(32,49)68)59-46(54-25)56-28-20-30(69-5)22-31(21-28)70-6)44-57-34-23-29(12-13-36(34)72-44)71-52-33(41(52)65)15-18-50(52,67)62-43-39(45-58-35-24-53-19-16-37(35)73-45)26(2)55-47(60-43)63-48(3,4)27-10-8-7-9-11-27/h7-13,16,19-24,32-33,40-41,64-68H,14-15,17-18H2,1-6H3,(H2,54,56,59,61)(H2,55,60,62,63). The van der Waals surface area contributed by atoms with Crippen molar-refractivity contribution in [1.29, 1.82) is 0 Å². The Hall–Kier alpha value is -6.85. The zero-order chi connectivity index (χ0) is 50.8. The van der Waals surface area contributed by atoms with Gasteiger partial charge in [-0.3, -0.25) is 4.98 Å². The van der Waals surface area contributed by atoms with Crippen molar-refractivity contribution < 1.29 is 39.7 Å². The number of aliphatic hydroxyl groups is 5. The molecule has 8 unspecified atom stereocenters. The topological polar surface area (TPSA) is 267 Å². The maximum Gasteiger partial charge on any atom is 0.229 e. The molecule has 0 amide bonds. The number of rotatable bonds is 15. The van der Waals surface area contributed by atoms with E-state index < -0.39 is 52.2 Å². The lowest BCUT2D eigenvalue weighted by Gasteiger charge is -2.36. The average molecular weight is 1020 g/mol. The van der Waals surface area contributed by atoms with Crippen LogP contribution in [0.25, 0.3) is 41.6 Å². The highest BCUT2D eigenvalue weighted by Crippen LogP contribution is 2.64. The Morgan fingerprint density at radius 3 is 1.92 bits per heavy atom. The number of nitrogens with one attached hydrogen (secondary N) is 4. The Labute approximate surface area is 426 Å². The maximum absolute atomic E-state index is 12.9. The minimum absolute atomic E-state index is 0.169. The van der Waals surface area contributed by atoms with E-state index in [1.165, 1.54) is 22.7 Å². The molecule has 0 aliphatic heterocycles. The minimum Gasteiger partial charge on any atom is -0.497 e. The summed E-state index contributed by atoms with van der Waals surface area (Å²) in [5.41, 5.74) is -2.45. The summed E-state index contributed by atoms with van der Waals surface area (Å²) < 4.78 is 19.5. The van der Waals surface area contributed by atoms with Crippen LogP contribution >= 0.6 is 22.7 Å². The third-order valence-corrected chi connectivity index (χ3v) is 17.2. The second-order valence-corrected chi connectivity index (χ2v) is 22.0. The number of hydrogen-bond acceptors (Lipinski definition) is 21. The Balaban J connectivity index is 0.884. The van der Waals surface area contributed by atoms with E-state index in [2.05, 4.69) is 26.3 Å². The number of ether oxygens (including phenoxy) is 3. The summed E-state index contributed by atoms with van der Waals surface area (Å²) in [5, 5.41) is 73.1. The number of aryl methyl sites for hydroxylation is 2. The summed E-state index contributed by atoms with van der Waals surface area (Å²) in [4.78, 5) is 33.8. The maximum atomic E-state index is 12.9. The molecule has 0 saturated heterocycles. The predicted molar refractivity (Wildman–Crippen MR) is 277 cm³/mol. The zero-order valence-electron chi connectivity index (χ0n) is 40.6. The normalized spacial score (nSPS) is 26.8. The number of thiazole rings is 2. The molecule has 0 bridgehead atoms. The number of nitrogens with zero attached hydrogens (tertiary/aromatic N) is 7. The second kappa shape index (κ2) is 16.8. The van der Waals surface area contributed by atoms with Gasteiger partial charge >= 0.3 is 0 Å². The summed E-state index contributed by atoms with van der Waals surface area (Å²) >= 11 is 2.82. The molecule has 8 atom stereocenters. The van der Waals surface area contributed by atoms with Crippen molar-refractivity contribution in [2.24, 2.45) is 11.8 Å². The quantitative estimate of drug-likeness (QED) is 0.0457. The molecule has 5 heterocycles. The lowest BCUT2D eigenvalue weighted by Crippen LogP contribution is -2.55. The summed E-state index contributed by atoms with van der Waals surface area (Å²) in [6, 6.07) is 22.6. The number of pyridine rings is 1. The lowest BCUT2D eigenvalue weighted by atomic mass is 9.94. The third kappa shape index (κ3) is 7.58. The van der Waals surface area contributed by atoms with Crippen LogP contribution in [0, 0.1) is 25.7 Å². The van der Waals surface area contributed by atoms with Gasteiger partial charge in [-0.15, -0.1) is 22.7 Å². The smallest absolute Gasteiger partial charge is 0.229 e. The molecule has 21 heteroatoms. The van der Waals surface area contributed by atoms with Crippen LogP contribution in [0.1, 0.15) is 56.5 Å². The van der Waals surface area contributed by atoms with Gasteiger partial charge in [0.05, 0.1) is 69.5 Å². The largest absolute Gasteiger partial charge is 0.497 e. The summed E-state index contributed by atoms with van der Waals surface area (Å²) in [6.45, 7) is 7.77. The van der Waals surface area contributed by atoms with Crippen molar-refractivity contribution in [2.75, 3.05) is 35.5 Å². The summed E-state index contributed by atoms with van der Waals surface area (Å²) in [5.74, 6) is 1.59. The molecule has 0 spiro atoms. The first-order chi connectivity index (χ1) is 35.0. The molecule has 73 heavy (non-hydrogen) atoms. The number of aliphatic hydroxyl groups excluding tert-OH is 2. The van der Waals surface area contributed by atoms with Crippen molar-refractivity contribution in [3.8, 4) is 38.4 Å². The van der Waals surface area contributed by atoms with Gasteiger partial charge in [-0.05, 0) is 77.1 Å². The Kier molecular flexibility index (Phi) is 10.9. The Morgan fingerprint density at radius 1 is 0.658 bits per heavy atom. The molecule has 4 aliphatic rings. The average Bonchev–Trinajstić information content (AvgIpc) is 3.70. The van der Waals surface area contributed by atoms with Crippen molar-refractivity contribution in [3.63, 3.8) is 0 Å². The van der Waals surface area contributed by atoms with Gasteiger partial charge < -0.3 is 61.0 Å². The van der Waals surface area contributed by atoms with Gasteiger partial charge in [-0.1, -0.05) is 30.3 Å². The third-order valence-electron chi connectivity index (χ3n) is 15.1. The van der Waals surface area contributed by atoms with Gasteiger partial charge in [0.15, 0.2) is 17.1 Å². The molecular weight excluding hydrogens is 971 g/mol. The molecule has 4 saturated carbocycles. The van der Waals surface area contributed by atoms with E-state index in [0.717, 1.165) is 15.0 Å². The molecule has 12 rings (SSSR count). The molecular formula is C52H53N11O8S2. The van der Waals surface area contributed by atoms with Crippen LogP contribution in [0.4, 0.5) is 29.2 Å². The van der Waals surface area contributed by atoms with Gasteiger partial charge in [-0.25, -0.2) is 19.9 Å². The number of fused-ring (bicyclic) bond motifs is 4. The fraction of sp³-hybridized carbons (Fsp3) is 0.365. The van der Waals surface area contributed by atoms with E-state index >= 15 is 0 Å². The van der Waals surface area contributed by atoms with E-state index in [4.69, 9.17) is 44.1 Å². The van der Waals surface area contributed by atoms with Crippen LogP contribution in [-0.2, 0) is 5.54 Å². The summed E-state index contributed by atoms with van der Waals surface area (Å²) in [7, 11) is 3.10. The summed E-state index contributed by atoms with van der Waals surface area (Å²) in [6.07, 6.45) is 2.60. The fourth-order valence-corrected chi connectivity index (χ4v) is 13.2. The molecule has 9 N–H and O–H groups in total. The van der Waals surface area contributed by atoms with Gasteiger partial charge in [0.25, 0.3) is 0 Å². The van der Waals surface area contributed by atoms with Crippen molar-refractivity contribution in [2.45, 2.75) is 93.8 Å². The lowest BCUT2D eigenvalue weighted by molar-refractivity contribution is -0.0851. The first-order valence-electron chi connectivity index (χ1n) is 24.0. The number of methoxy groups -OCH3 is 2. The highest BCUT2D eigenvalue weighted by molar-refractivity contribution is 7.22. The molecule has 8 aromatic rings. The Bertz CT molecular complexity index is 3440. The van der Waals surface area contributed by atoms with E-state index in [1.54, 1.807) is 63.9 Å². The molecule has 4 aliphatic carbocycles. The molecule has 5 aromatic heterocycles. The van der Waals surface area contributed by atoms with E-state index in [-0.39, 0.29) is 24.6 Å². The van der Waals surface area contributed by atoms with Crippen LogP contribution in [-0.4, -0.2) is 110 Å². The van der Waals surface area contributed by atoms with Crippen LogP contribution < -0.4 is 35.5 Å². The number of benzene rings is 3. The van der Waals surface area contributed by atoms with Gasteiger partial charge in [0.1, 0.15) is 56.1 Å². The molecule has 4 fully saturated rings. The molecule has 376 valence electrons. The van der Waals surface area contributed by atoms with Gasteiger partial charge in [-0.2, -0.15) is 9.97 Å². The van der Waals surface area contributed by atoms with Crippen LogP contribution in [0.15, 0.2) is 85.2 Å². The van der Waals surface area contributed by atoms with E-state index in [0.29, 0.717) is 91.1 Å². The molecule has 0 radical (unpaired) electrons. The Morgan fingerprint density at radius 2 is 1.27 bits per heavy atom. The highest BCUT2D eigenvalue weighted by Gasteiger charge is 2.81. The van der Waals surface area contributed by atoms with Crippen LogP contribution in [0.2, 0.25) is 0 Å². The highest BCUT2D eigenvalue weighted by atomic mass is 32.1. The van der Waals surface area contributed by atoms with Gasteiger partial charge in [0, 0.05) is 48.0 Å². The van der Waals surface area contributed by atoms with Crippen molar-refractivity contribution in [3.05, 3.63) is 102 Å². The second-order valence-electron chi connectivity index (χ2n) is 19.9. The molecule has 19 nitrogen and oxygen atoms in total. The molecule has 3 aromatic carbocycles. The number of anilines is 5. The SMILES string of the molecule is COc1cc(Nc2nc(C)c(-c3nc4cc(OC56C(O)C5CCC6(O)Nc5nc(NC(C)(C)c6ccccc6)nc(C)c5-c5nc6cnccc6s5)ccc4s3)c(NC3(O)CCC4C(O)C43O)n2)cc(OC)c1. The van der Waals surface area contributed by atoms with E-state index in [1.807, 2.05) is 63.2 Å². The minimum atomic E-state index is -1.90. The number of aromatic nitrogens is 7. The van der Waals surface area contributed by atoms with Gasteiger partial charge in [0.2, 0.25) is 11.9 Å². The predicted octanol–water partition coefficient (Wildman–Crippen LogP) is 7.26.